The SMILES string of the molecule is CN1CCCC(CO)(CC2CCCC2)C1. The average Bonchev–Trinajstić information content (AvgIpc) is 2.70. The first kappa shape index (κ1) is 11.4. The summed E-state index contributed by atoms with van der Waals surface area (Å²) in [6.45, 7) is 2.72. The number of rotatable bonds is 3. The fourth-order valence-electron chi connectivity index (χ4n) is 3.64. The van der Waals surface area contributed by atoms with Crippen molar-refractivity contribution >= 4 is 0 Å². The summed E-state index contributed by atoms with van der Waals surface area (Å²) >= 11 is 0. The van der Waals surface area contributed by atoms with Crippen molar-refractivity contribution in [1.29, 1.82) is 0 Å². The molecule has 2 aliphatic rings. The number of hydrogen-bond donors (Lipinski definition) is 1. The molecule has 1 heterocycles. The molecule has 2 nitrogen and oxygen atoms in total. The van der Waals surface area contributed by atoms with E-state index in [9.17, 15) is 5.11 Å². The van der Waals surface area contributed by atoms with E-state index >= 15 is 0 Å². The van der Waals surface area contributed by atoms with Crippen LogP contribution in [0.25, 0.3) is 0 Å². The first-order valence-corrected chi connectivity index (χ1v) is 6.53. The molecule has 88 valence electrons. The standard InChI is InChI=1S/C13H25NO/c1-14-8-4-7-13(10-14,11-15)9-12-5-2-3-6-12/h12,15H,2-11H2,1H3. The van der Waals surface area contributed by atoms with Crippen LogP contribution < -0.4 is 0 Å². The van der Waals surface area contributed by atoms with E-state index in [0.717, 1.165) is 12.5 Å². The van der Waals surface area contributed by atoms with Gasteiger partial charge in [-0.05, 0) is 38.8 Å². The molecule has 1 saturated heterocycles. The predicted octanol–water partition coefficient (Wildman–Crippen LogP) is 2.27. The van der Waals surface area contributed by atoms with Crippen LogP contribution in [-0.2, 0) is 0 Å². The molecule has 1 aliphatic heterocycles. The van der Waals surface area contributed by atoms with E-state index < -0.39 is 0 Å². The van der Waals surface area contributed by atoms with Gasteiger partial charge in [0.2, 0.25) is 0 Å². The zero-order valence-electron chi connectivity index (χ0n) is 10.0. The Morgan fingerprint density at radius 2 is 2.00 bits per heavy atom. The minimum atomic E-state index is 0.238. The Kier molecular flexibility index (Phi) is 3.68. The number of aliphatic hydroxyl groups is 1. The number of nitrogens with zero attached hydrogens (tertiary/aromatic N) is 1. The molecule has 1 atom stereocenters. The van der Waals surface area contributed by atoms with Crippen molar-refractivity contribution < 1.29 is 5.11 Å². The van der Waals surface area contributed by atoms with Gasteiger partial charge in [-0.25, -0.2) is 0 Å². The van der Waals surface area contributed by atoms with Crippen molar-refractivity contribution in [3.05, 3.63) is 0 Å². The molecule has 2 heteroatoms. The highest BCUT2D eigenvalue weighted by Gasteiger charge is 2.36. The van der Waals surface area contributed by atoms with Gasteiger partial charge in [0, 0.05) is 18.6 Å². The van der Waals surface area contributed by atoms with E-state index in [0.29, 0.717) is 6.61 Å². The molecule has 2 rings (SSSR count). The summed E-state index contributed by atoms with van der Waals surface area (Å²) < 4.78 is 0. The first-order valence-electron chi connectivity index (χ1n) is 6.53. The lowest BCUT2D eigenvalue weighted by Gasteiger charge is -2.42. The highest BCUT2D eigenvalue weighted by Crippen LogP contribution is 2.40. The Balaban J connectivity index is 1.93. The van der Waals surface area contributed by atoms with Gasteiger partial charge in [-0.1, -0.05) is 25.7 Å². The highest BCUT2D eigenvalue weighted by atomic mass is 16.3. The van der Waals surface area contributed by atoms with Gasteiger partial charge >= 0.3 is 0 Å². The topological polar surface area (TPSA) is 23.5 Å². The lowest BCUT2D eigenvalue weighted by atomic mass is 9.73. The summed E-state index contributed by atoms with van der Waals surface area (Å²) in [4.78, 5) is 2.40. The van der Waals surface area contributed by atoms with E-state index in [2.05, 4.69) is 11.9 Å². The molecule has 1 aliphatic carbocycles. The predicted molar refractivity (Wildman–Crippen MR) is 62.8 cm³/mol. The molecular weight excluding hydrogens is 186 g/mol. The van der Waals surface area contributed by atoms with Crippen molar-refractivity contribution in [3.63, 3.8) is 0 Å². The molecule has 1 unspecified atom stereocenters. The molecule has 15 heavy (non-hydrogen) atoms. The third-order valence-electron chi connectivity index (χ3n) is 4.38. The minimum absolute atomic E-state index is 0.238. The van der Waals surface area contributed by atoms with Gasteiger partial charge < -0.3 is 10.0 Å². The maximum Gasteiger partial charge on any atom is 0.0499 e. The van der Waals surface area contributed by atoms with Crippen LogP contribution in [0, 0.1) is 11.3 Å². The van der Waals surface area contributed by atoms with Crippen molar-refractivity contribution in [2.75, 3.05) is 26.7 Å². The van der Waals surface area contributed by atoms with Gasteiger partial charge in [0.1, 0.15) is 0 Å². The largest absolute Gasteiger partial charge is 0.396 e. The first-order chi connectivity index (χ1) is 7.24. The highest BCUT2D eigenvalue weighted by molar-refractivity contribution is 4.88. The lowest BCUT2D eigenvalue weighted by Crippen LogP contribution is -2.44. The molecular formula is C13H25NO. The maximum atomic E-state index is 9.69. The van der Waals surface area contributed by atoms with E-state index in [1.165, 1.54) is 51.5 Å². The van der Waals surface area contributed by atoms with Crippen LogP contribution in [0.1, 0.15) is 44.9 Å². The summed E-state index contributed by atoms with van der Waals surface area (Å²) in [6.07, 6.45) is 9.43. The van der Waals surface area contributed by atoms with E-state index in [4.69, 9.17) is 0 Å². The molecule has 2 fully saturated rings. The number of piperidine rings is 1. The number of likely N-dealkylation sites (tertiary alicyclic amines) is 1. The van der Waals surface area contributed by atoms with Crippen LogP contribution in [0.5, 0.6) is 0 Å². The lowest BCUT2D eigenvalue weighted by molar-refractivity contribution is 0.0236. The Bertz CT molecular complexity index is 201. The normalized spacial score (nSPS) is 34.8. The smallest absolute Gasteiger partial charge is 0.0499 e. The van der Waals surface area contributed by atoms with Crippen LogP contribution in [-0.4, -0.2) is 36.8 Å². The maximum absolute atomic E-state index is 9.69. The molecule has 0 aromatic heterocycles. The van der Waals surface area contributed by atoms with E-state index in [1.807, 2.05) is 0 Å². The van der Waals surface area contributed by atoms with Gasteiger partial charge in [-0.2, -0.15) is 0 Å². The second-order valence-corrected chi connectivity index (χ2v) is 5.85. The summed E-state index contributed by atoms with van der Waals surface area (Å²) in [7, 11) is 2.19. The molecule has 0 spiro atoms. The monoisotopic (exact) mass is 211 g/mol. The fourth-order valence-corrected chi connectivity index (χ4v) is 3.64. The van der Waals surface area contributed by atoms with Crippen molar-refractivity contribution in [2.24, 2.45) is 11.3 Å². The van der Waals surface area contributed by atoms with Crippen LogP contribution in [0.15, 0.2) is 0 Å². The van der Waals surface area contributed by atoms with Crippen LogP contribution in [0.4, 0.5) is 0 Å². The van der Waals surface area contributed by atoms with Crippen molar-refractivity contribution in [3.8, 4) is 0 Å². The van der Waals surface area contributed by atoms with E-state index in [1.54, 1.807) is 0 Å². The molecule has 0 bridgehead atoms. The zero-order chi connectivity index (χ0) is 10.7. The van der Waals surface area contributed by atoms with Crippen LogP contribution in [0.2, 0.25) is 0 Å². The second kappa shape index (κ2) is 4.84. The molecule has 1 saturated carbocycles. The molecule has 0 radical (unpaired) electrons. The van der Waals surface area contributed by atoms with Gasteiger partial charge in [0.15, 0.2) is 0 Å². The fraction of sp³-hybridized carbons (Fsp3) is 1.00. The Morgan fingerprint density at radius 3 is 2.60 bits per heavy atom. The van der Waals surface area contributed by atoms with Gasteiger partial charge in [0.25, 0.3) is 0 Å². The summed E-state index contributed by atoms with van der Waals surface area (Å²) in [5, 5.41) is 9.69. The zero-order valence-corrected chi connectivity index (χ0v) is 10.0. The van der Waals surface area contributed by atoms with Crippen LogP contribution >= 0.6 is 0 Å². The van der Waals surface area contributed by atoms with E-state index in [-0.39, 0.29) is 5.41 Å². The Hall–Kier alpha value is -0.0800. The van der Waals surface area contributed by atoms with Gasteiger partial charge in [0.05, 0.1) is 0 Å². The summed E-state index contributed by atoms with van der Waals surface area (Å²) in [6, 6.07) is 0. The molecule has 0 aromatic carbocycles. The Morgan fingerprint density at radius 1 is 1.27 bits per heavy atom. The molecule has 1 N–H and O–H groups in total. The minimum Gasteiger partial charge on any atom is -0.396 e. The van der Waals surface area contributed by atoms with Gasteiger partial charge in [-0.3, -0.25) is 0 Å². The van der Waals surface area contributed by atoms with Crippen molar-refractivity contribution in [2.45, 2.75) is 44.9 Å². The number of aliphatic hydroxyl groups excluding tert-OH is 1. The van der Waals surface area contributed by atoms with Crippen molar-refractivity contribution in [1.82, 2.24) is 4.90 Å². The Labute approximate surface area is 93.7 Å². The quantitative estimate of drug-likeness (QED) is 0.774. The van der Waals surface area contributed by atoms with Gasteiger partial charge in [-0.15, -0.1) is 0 Å². The molecule has 0 amide bonds. The summed E-state index contributed by atoms with van der Waals surface area (Å²) in [5.41, 5.74) is 0.238. The number of hydrogen-bond acceptors (Lipinski definition) is 2. The second-order valence-electron chi connectivity index (χ2n) is 5.85. The average molecular weight is 211 g/mol. The summed E-state index contributed by atoms with van der Waals surface area (Å²) in [5.74, 6) is 0.906. The third-order valence-corrected chi connectivity index (χ3v) is 4.38. The molecule has 0 aromatic rings. The third kappa shape index (κ3) is 2.73. The van der Waals surface area contributed by atoms with Crippen LogP contribution in [0.3, 0.4) is 0 Å².